The lowest BCUT2D eigenvalue weighted by Crippen LogP contribution is -2.37. The van der Waals surface area contributed by atoms with Crippen molar-refractivity contribution in [1.82, 2.24) is 20.0 Å². The van der Waals surface area contributed by atoms with E-state index in [0.717, 1.165) is 23.3 Å². The Balaban J connectivity index is 1.65. The summed E-state index contributed by atoms with van der Waals surface area (Å²) in [5.41, 5.74) is 7.11. The third kappa shape index (κ3) is 4.71. The average Bonchev–Trinajstić information content (AvgIpc) is 3.38. The Bertz CT molecular complexity index is 1210. The van der Waals surface area contributed by atoms with Crippen LogP contribution in [0.2, 0.25) is 0 Å². The molecule has 1 aromatic heterocycles. The van der Waals surface area contributed by atoms with E-state index in [2.05, 4.69) is 24.3 Å². The first kappa shape index (κ1) is 23.6. The number of alkyl halides is 3. The van der Waals surface area contributed by atoms with Gasteiger partial charge in [0.1, 0.15) is 5.84 Å². The fourth-order valence-corrected chi connectivity index (χ4v) is 4.03. The Morgan fingerprint density at radius 2 is 1.97 bits per heavy atom. The summed E-state index contributed by atoms with van der Waals surface area (Å²) in [5.74, 6) is 0.412. The smallest absolute Gasteiger partial charge is 0.399 e. The van der Waals surface area contributed by atoms with Gasteiger partial charge in [-0.15, -0.1) is 0 Å². The van der Waals surface area contributed by atoms with E-state index in [4.69, 9.17) is 10.7 Å². The maximum Gasteiger partial charge on any atom is 0.416 e. The molecule has 0 radical (unpaired) electrons. The molecule has 3 N–H and O–H groups in total. The van der Waals surface area contributed by atoms with Crippen LogP contribution in [-0.4, -0.2) is 39.0 Å². The number of nitrogens with two attached hydrogens (primary N) is 1. The monoisotopic (exact) mass is 472 g/mol. The minimum absolute atomic E-state index is 0.0179. The zero-order chi connectivity index (χ0) is 24.8. The number of amidine groups is 1. The summed E-state index contributed by atoms with van der Waals surface area (Å²) in [6, 6.07) is 2.64. The summed E-state index contributed by atoms with van der Waals surface area (Å²) in [6.45, 7) is 6.41. The Labute approximate surface area is 195 Å². The van der Waals surface area contributed by atoms with E-state index in [1.54, 1.807) is 23.9 Å². The number of hydrogen-bond donors (Lipinski definition) is 2. The number of carbonyl (C=O) groups excluding carboxylic acids is 1. The topological polar surface area (TPSA) is 88.5 Å². The van der Waals surface area contributed by atoms with E-state index in [0.29, 0.717) is 18.0 Å². The molecule has 0 saturated carbocycles. The van der Waals surface area contributed by atoms with Gasteiger partial charge >= 0.3 is 6.18 Å². The lowest BCUT2D eigenvalue weighted by molar-refractivity contribution is -0.137. The van der Waals surface area contributed by atoms with Gasteiger partial charge in [-0.1, -0.05) is 13.8 Å². The highest BCUT2D eigenvalue weighted by Crippen LogP contribution is 2.33. The summed E-state index contributed by atoms with van der Waals surface area (Å²) < 4.78 is 41.4. The molecule has 180 valence electrons. The molecule has 4 rings (SSSR count). The molecule has 10 heteroatoms. The van der Waals surface area contributed by atoms with E-state index >= 15 is 0 Å². The Kier molecular flexibility index (Phi) is 6.01. The lowest BCUT2D eigenvalue weighted by Gasteiger charge is -2.25. The predicted molar refractivity (Wildman–Crippen MR) is 124 cm³/mol. The first-order valence-corrected chi connectivity index (χ1v) is 11.0. The fraction of sp³-hybridized carbons (Fsp3) is 0.375. The van der Waals surface area contributed by atoms with Crippen LogP contribution in [0, 0.1) is 5.92 Å². The highest BCUT2D eigenvalue weighted by molar-refractivity contribution is 6.24. The molecule has 2 atom stereocenters. The SMILES string of the molecule is CC(C)[C@@H]1CN2C=C(c3cnn(C)c3)C=C(C(=O)N[C@H](C)c3cc(N)cc(C(F)(F)F)c3)C2=N1. The van der Waals surface area contributed by atoms with Gasteiger partial charge in [0.15, 0.2) is 0 Å². The first-order chi connectivity index (χ1) is 15.9. The summed E-state index contributed by atoms with van der Waals surface area (Å²) in [7, 11) is 1.81. The molecular weight excluding hydrogens is 445 g/mol. The maximum atomic E-state index is 13.4. The van der Waals surface area contributed by atoms with Crippen molar-refractivity contribution in [2.45, 2.75) is 39.0 Å². The zero-order valence-electron chi connectivity index (χ0n) is 19.4. The highest BCUT2D eigenvalue weighted by Gasteiger charge is 2.35. The first-order valence-electron chi connectivity index (χ1n) is 11.0. The summed E-state index contributed by atoms with van der Waals surface area (Å²) in [6.07, 6.45) is 2.73. The third-order valence-corrected chi connectivity index (χ3v) is 5.98. The minimum Gasteiger partial charge on any atom is -0.399 e. The number of aromatic nitrogens is 2. The van der Waals surface area contributed by atoms with Crippen LogP contribution in [0.3, 0.4) is 0 Å². The van der Waals surface area contributed by atoms with Gasteiger partial charge in [0, 0.05) is 42.8 Å². The highest BCUT2D eigenvalue weighted by atomic mass is 19.4. The second-order valence-electron chi connectivity index (χ2n) is 9.04. The van der Waals surface area contributed by atoms with Crippen molar-refractivity contribution in [3.05, 3.63) is 65.1 Å². The molecule has 2 aliphatic rings. The molecule has 0 aliphatic carbocycles. The van der Waals surface area contributed by atoms with E-state index in [-0.39, 0.29) is 23.2 Å². The van der Waals surface area contributed by atoms with Crippen LogP contribution in [0.15, 0.2) is 53.4 Å². The second kappa shape index (κ2) is 8.66. The molecule has 1 aromatic carbocycles. The second-order valence-corrected chi connectivity index (χ2v) is 9.04. The van der Waals surface area contributed by atoms with Crippen molar-refractivity contribution < 1.29 is 18.0 Å². The average molecular weight is 473 g/mol. The quantitative estimate of drug-likeness (QED) is 0.646. The molecule has 7 nitrogen and oxygen atoms in total. The van der Waals surface area contributed by atoms with Crippen molar-refractivity contribution >= 4 is 23.0 Å². The zero-order valence-corrected chi connectivity index (χ0v) is 19.4. The molecule has 3 heterocycles. The Hall–Kier alpha value is -3.56. The third-order valence-electron chi connectivity index (χ3n) is 5.98. The number of carbonyl (C=O) groups is 1. The van der Waals surface area contributed by atoms with Crippen LogP contribution >= 0.6 is 0 Å². The number of nitrogens with one attached hydrogen (secondary N) is 1. The maximum absolute atomic E-state index is 13.4. The van der Waals surface area contributed by atoms with Crippen LogP contribution in [0.25, 0.3) is 5.57 Å². The van der Waals surface area contributed by atoms with Crippen LogP contribution in [0.4, 0.5) is 18.9 Å². The van der Waals surface area contributed by atoms with Crippen LogP contribution in [0.1, 0.15) is 43.5 Å². The number of anilines is 1. The fourth-order valence-electron chi connectivity index (χ4n) is 4.03. The van der Waals surface area contributed by atoms with Gasteiger partial charge in [-0.2, -0.15) is 18.3 Å². The number of hydrogen-bond acceptors (Lipinski definition) is 5. The minimum atomic E-state index is -4.53. The van der Waals surface area contributed by atoms with Crippen LogP contribution in [0.5, 0.6) is 0 Å². The number of fused-ring (bicyclic) bond motifs is 1. The van der Waals surface area contributed by atoms with Gasteiger partial charge in [0.25, 0.3) is 5.91 Å². The van der Waals surface area contributed by atoms with Crippen molar-refractivity contribution in [2.75, 3.05) is 12.3 Å². The molecular formula is C24H27F3N6O. The molecule has 2 aromatic rings. The van der Waals surface area contributed by atoms with Crippen LogP contribution < -0.4 is 11.1 Å². The van der Waals surface area contributed by atoms with Crippen molar-refractivity contribution in [1.29, 1.82) is 0 Å². The Morgan fingerprint density at radius 3 is 2.59 bits per heavy atom. The van der Waals surface area contributed by atoms with Gasteiger partial charge in [-0.05, 0) is 42.7 Å². The number of nitrogens with zero attached hydrogens (tertiary/aromatic N) is 4. The van der Waals surface area contributed by atoms with Crippen molar-refractivity contribution in [3.8, 4) is 0 Å². The van der Waals surface area contributed by atoms with E-state index in [9.17, 15) is 18.0 Å². The molecule has 0 saturated heterocycles. The number of aryl methyl sites for hydroxylation is 1. The summed E-state index contributed by atoms with van der Waals surface area (Å²) in [5, 5.41) is 7.03. The van der Waals surface area contributed by atoms with E-state index in [1.807, 2.05) is 24.3 Å². The van der Waals surface area contributed by atoms with Gasteiger partial charge in [-0.25, -0.2) is 0 Å². The molecule has 0 spiro atoms. The molecule has 0 fully saturated rings. The Morgan fingerprint density at radius 1 is 1.24 bits per heavy atom. The summed E-state index contributed by atoms with van der Waals surface area (Å²) >= 11 is 0. The molecule has 34 heavy (non-hydrogen) atoms. The van der Waals surface area contributed by atoms with Gasteiger partial charge in [0.05, 0.1) is 29.4 Å². The summed E-state index contributed by atoms with van der Waals surface area (Å²) in [4.78, 5) is 20.1. The number of benzene rings is 1. The number of rotatable bonds is 5. The predicted octanol–water partition coefficient (Wildman–Crippen LogP) is 3.92. The van der Waals surface area contributed by atoms with Crippen molar-refractivity contribution in [3.63, 3.8) is 0 Å². The molecule has 0 unspecified atom stereocenters. The molecule has 0 bridgehead atoms. The number of halogens is 3. The van der Waals surface area contributed by atoms with E-state index in [1.165, 1.54) is 6.07 Å². The molecule has 2 aliphatic heterocycles. The number of allylic oxidation sites excluding steroid dienone is 2. The van der Waals surface area contributed by atoms with Crippen LogP contribution in [-0.2, 0) is 18.0 Å². The normalized spacial score (nSPS) is 18.9. The largest absolute Gasteiger partial charge is 0.416 e. The lowest BCUT2D eigenvalue weighted by atomic mass is 10.00. The molecule has 1 amide bonds. The van der Waals surface area contributed by atoms with E-state index < -0.39 is 23.7 Å². The van der Waals surface area contributed by atoms with Gasteiger partial charge < -0.3 is 16.0 Å². The number of nitrogen functional groups attached to an aromatic ring is 1. The number of amides is 1. The number of aliphatic imine (C=N–C) groups is 1. The van der Waals surface area contributed by atoms with Crippen molar-refractivity contribution in [2.24, 2.45) is 18.0 Å². The van der Waals surface area contributed by atoms with Gasteiger partial charge in [-0.3, -0.25) is 14.5 Å². The standard InChI is InChI=1S/C24H27F3N6O/c1-13(2)21-12-33-11-16(17-9-29-32(4)10-17)7-20(22(33)31-21)23(34)30-14(3)15-5-18(24(25,26)27)8-19(28)6-15/h5-11,13-14,21H,12,28H2,1-4H3,(H,30,34)/t14-,21+/m1/s1. The van der Waals surface area contributed by atoms with Gasteiger partial charge in [0.2, 0.25) is 0 Å².